The molecular weight excluding hydrogens is 210 g/mol. The van der Waals surface area contributed by atoms with Gasteiger partial charge in [-0.25, -0.2) is 22.5 Å². The number of nitrogens with zero attached hydrogens (tertiary/aromatic N) is 2. The first-order valence-corrected chi connectivity index (χ1v) is 5.01. The van der Waals surface area contributed by atoms with E-state index in [1.165, 1.54) is 14.1 Å². The van der Waals surface area contributed by atoms with Crippen molar-refractivity contribution in [2.45, 2.75) is 5.03 Å². The van der Waals surface area contributed by atoms with Crippen LogP contribution in [-0.2, 0) is 10.0 Å². The molecule has 0 aliphatic carbocycles. The maximum absolute atomic E-state index is 11.4. The Bertz CT molecular complexity index is 447. The van der Waals surface area contributed by atoms with Gasteiger partial charge in [0.1, 0.15) is 0 Å². The largest absolute Gasteiger partial charge is 0.475 e. The second kappa shape index (κ2) is 3.39. The van der Waals surface area contributed by atoms with Gasteiger partial charge in [0.2, 0.25) is 5.82 Å². The molecule has 0 saturated heterocycles. The van der Waals surface area contributed by atoms with Crippen molar-refractivity contribution in [1.82, 2.24) is 14.3 Å². The van der Waals surface area contributed by atoms with Gasteiger partial charge in [0.25, 0.3) is 10.0 Å². The summed E-state index contributed by atoms with van der Waals surface area (Å²) >= 11 is 0. The Morgan fingerprint density at radius 1 is 1.57 bits per heavy atom. The first-order valence-electron chi connectivity index (χ1n) is 3.57. The molecule has 0 saturated carbocycles. The van der Waals surface area contributed by atoms with Crippen LogP contribution in [0.15, 0.2) is 11.2 Å². The number of aromatic amines is 1. The molecule has 0 spiro atoms. The molecule has 0 amide bonds. The van der Waals surface area contributed by atoms with Crippen LogP contribution >= 0.6 is 0 Å². The summed E-state index contributed by atoms with van der Waals surface area (Å²) < 4.78 is 23.8. The topological polar surface area (TPSA) is 103 Å². The average molecular weight is 219 g/mol. The molecule has 0 fully saturated rings. The minimum absolute atomic E-state index is 0.306. The molecule has 0 unspecified atom stereocenters. The van der Waals surface area contributed by atoms with Gasteiger partial charge in [-0.05, 0) is 0 Å². The van der Waals surface area contributed by atoms with Gasteiger partial charge in [-0.15, -0.1) is 0 Å². The Morgan fingerprint density at radius 2 is 2.14 bits per heavy atom. The average Bonchev–Trinajstić information content (AvgIpc) is 2.51. The van der Waals surface area contributed by atoms with E-state index in [9.17, 15) is 13.2 Å². The van der Waals surface area contributed by atoms with Crippen molar-refractivity contribution in [3.8, 4) is 0 Å². The molecule has 1 aromatic heterocycles. The van der Waals surface area contributed by atoms with Gasteiger partial charge in [0, 0.05) is 20.3 Å². The van der Waals surface area contributed by atoms with Gasteiger partial charge < -0.3 is 10.1 Å². The minimum Gasteiger partial charge on any atom is -0.475 e. The zero-order valence-corrected chi connectivity index (χ0v) is 8.37. The lowest BCUT2D eigenvalue weighted by atomic mass is 10.6. The number of hydrogen-bond acceptors (Lipinski definition) is 4. The first kappa shape index (κ1) is 10.7. The molecule has 0 bridgehead atoms. The summed E-state index contributed by atoms with van der Waals surface area (Å²) in [6.07, 6.45) is 1.04. The van der Waals surface area contributed by atoms with Crippen LogP contribution in [-0.4, -0.2) is 47.9 Å². The Balaban J connectivity index is 3.16. The first-order chi connectivity index (χ1) is 6.35. The van der Waals surface area contributed by atoms with Crippen molar-refractivity contribution in [1.29, 1.82) is 0 Å². The zero-order chi connectivity index (χ0) is 10.9. The number of carboxylic acids is 1. The van der Waals surface area contributed by atoms with Gasteiger partial charge in [0.05, 0.1) is 0 Å². The van der Waals surface area contributed by atoms with Gasteiger partial charge in [-0.2, -0.15) is 0 Å². The van der Waals surface area contributed by atoms with Crippen LogP contribution in [0.25, 0.3) is 0 Å². The van der Waals surface area contributed by atoms with Crippen molar-refractivity contribution in [2.75, 3.05) is 14.1 Å². The maximum atomic E-state index is 11.4. The van der Waals surface area contributed by atoms with Crippen LogP contribution in [0.1, 0.15) is 10.6 Å². The molecule has 0 aliphatic rings. The Labute approximate surface area is 80.4 Å². The van der Waals surface area contributed by atoms with E-state index in [1.807, 2.05) is 0 Å². The van der Waals surface area contributed by atoms with Crippen molar-refractivity contribution in [2.24, 2.45) is 0 Å². The molecule has 8 heteroatoms. The van der Waals surface area contributed by atoms with E-state index in [-0.39, 0.29) is 5.03 Å². The molecule has 1 rings (SSSR count). The summed E-state index contributed by atoms with van der Waals surface area (Å²) in [6, 6.07) is 0. The number of nitrogens with one attached hydrogen (secondary N) is 1. The third-order valence-electron chi connectivity index (χ3n) is 1.50. The number of sulfonamides is 1. The van der Waals surface area contributed by atoms with Gasteiger partial charge in [0.15, 0.2) is 5.03 Å². The standard InChI is InChI=1S/C6H9N3O4S/c1-9(2)14(12,13)4-3-7-5(8-4)6(10)11/h3H,1-2H3,(H,7,8)(H,10,11). The molecule has 0 atom stereocenters. The molecule has 0 aromatic carbocycles. The highest BCUT2D eigenvalue weighted by molar-refractivity contribution is 7.89. The highest BCUT2D eigenvalue weighted by atomic mass is 32.2. The molecule has 14 heavy (non-hydrogen) atoms. The summed E-state index contributed by atoms with van der Waals surface area (Å²) in [5, 5.41) is 8.19. The predicted molar refractivity (Wildman–Crippen MR) is 46.4 cm³/mol. The molecule has 7 nitrogen and oxygen atoms in total. The summed E-state index contributed by atoms with van der Waals surface area (Å²) in [5.41, 5.74) is 0. The number of hydrogen-bond donors (Lipinski definition) is 2. The second-order valence-corrected chi connectivity index (χ2v) is 4.78. The molecule has 1 heterocycles. The van der Waals surface area contributed by atoms with Crippen LogP contribution in [0, 0.1) is 0 Å². The lowest BCUT2D eigenvalue weighted by molar-refractivity contribution is 0.0684. The third-order valence-corrected chi connectivity index (χ3v) is 3.20. The molecule has 1 aromatic rings. The molecule has 0 radical (unpaired) electrons. The Hall–Kier alpha value is -1.41. The van der Waals surface area contributed by atoms with Gasteiger partial charge >= 0.3 is 5.97 Å². The third kappa shape index (κ3) is 1.75. The van der Waals surface area contributed by atoms with E-state index in [0.717, 1.165) is 10.5 Å². The van der Waals surface area contributed by atoms with Crippen molar-refractivity contribution in [3.63, 3.8) is 0 Å². The lowest BCUT2D eigenvalue weighted by Gasteiger charge is -2.07. The van der Waals surface area contributed by atoms with Crippen molar-refractivity contribution in [3.05, 3.63) is 12.0 Å². The summed E-state index contributed by atoms with van der Waals surface area (Å²) in [7, 11) is -0.986. The summed E-state index contributed by atoms with van der Waals surface area (Å²) in [5.74, 6) is -1.70. The van der Waals surface area contributed by atoms with E-state index in [4.69, 9.17) is 5.11 Å². The van der Waals surface area contributed by atoms with Crippen LogP contribution in [0.3, 0.4) is 0 Å². The SMILES string of the molecule is CN(C)S(=O)(=O)c1c[nH]c(C(=O)O)n1. The summed E-state index contributed by atoms with van der Waals surface area (Å²) in [6.45, 7) is 0. The minimum atomic E-state index is -3.66. The number of aromatic carboxylic acids is 1. The molecule has 78 valence electrons. The van der Waals surface area contributed by atoms with E-state index in [1.54, 1.807) is 0 Å². The van der Waals surface area contributed by atoms with Crippen molar-refractivity contribution < 1.29 is 18.3 Å². The number of carbonyl (C=O) groups is 1. The van der Waals surface area contributed by atoms with Crippen LogP contribution in [0.4, 0.5) is 0 Å². The normalized spacial score (nSPS) is 11.9. The van der Waals surface area contributed by atoms with Crippen molar-refractivity contribution >= 4 is 16.0 Å². The van der Waals surface area contributed by atoms with E-state index < -0.39 is 21.8 Å². The van der Waals surface area contributed by atoms with Crippen LogP contribution in [0.5, 0.6) is 0 Å². The molecule has 0 aliphatic heterocycles. The fourth-order valence-corrected chi connectivity index (χ4v) is 1.52. The Morgan fingerprint density at radius 3 is 2.50 bits per heavy atom. The van der Waals surface area contributed by atoms with E-state index >= 15 is 0 Å². The van der Waals surface area contributed by atoms with E-state index in [0.29, 0.717) is 0 Å². The number of carboxylic acid groups (broad SMARTS) is 1. The highest BCUT2D eigenvalue weighted by Crippen LogP contribution is 2.09. The second-order valence-electron chi connectivity index (χ2n) is 2.68. The summed E-state index contributed by atoms with van der Waals surface area (Å²) in [4.78, 5) is 16.1. The quantitative estimate of drug-likeness (QED) is 0.703. The predicted octanol–water partition coefficient (Wildman–Crippen LogP) is -0.642. The number of imidazole rings is 1. The fraction of sp³-hybridized carbons (Fsp3) is 0.333. The number of rotatable bonds is 3. The molecular formula is C6H9N3O4S. The lowest BCUT2D eigenvalue weighted by Crippen LogP contribution is -2.22. The zero-order valence-electron chi connectivity index (χ0n) is 7.55. The monoisotopic (exact) mass is 219 g/mol. The van der Waals surface area contributed by atoms with Crippen LogP contribution in [0.2, 0.25) is 0 Å². The Kier molecular flexibility index (Phi) is 2.58. The van der Waals surface area contributed by atoms with Gasteiger partial charge in [-0.3, -0.25) is 0 Å². The fourth-order valence-electron chi connectivity index (χ4n) is 0.734. The van der Waals surface area contributed by atoms with E-state index in [2.05, 4.69) is 9.97 Å². The number of H-pyrrole nitrogens is 1. The highest BCUT2D eigenvalue weighted by Gasteiger charge is 2.22. The molecule has 2 N–H and O–H groups in total. The van der Waals surface area contributed by atoms with Gasteiger partial charge in [-0.1, -0.05) is 0 Å². The smallest absolute Gasteiger partial charge is 0.371 e. The van der Waals surface area contributed by atoms with Crippen LogP contribution < -0.4 is 0 Å². The maximum Gasteiger partial charge on any atom is 0.371 e. The number of aromatic nitrogens is 2.